The fourth-order valence-corrected chi connectivity index (χ4v) is 2.38. The Hall–Kier alpha value is -1.86. The minimum atomic E-state index is -1.21. The fraction of sp³-hybridized carbons (Fsp3) is 0.308. The quantitative estimate of drug-likeness (QED) is 0.588. The fourth-order valence-electron chi connectivity index (χ4n) is 1.42. The van der Waals surface area contributed by atoms with Gasteiger partial charge in [0.1, 0.15) is 6.04 Å². The Bertz CT molecular complexity index is 555. The lowest BCUT2D eigenvalue weighted by Gasteiger charge is -2.12. The van der Waals surface area contributed by atoms with Gasteiger partial charge in [-0.1, -0.05) is 11.6 Å². The van der Waals surface area contributed by atoms with Gasteiger partial charge >= 0.3 is 11.9 Å². The highest BCUT2D eigenvalue weighted by atomic mass is 35.5. The maximum Gasteiger partial charge on any atom is 0.326 e. The summed E-state index contributed by atoms with van der Waals surface area (Å²) in [5, 5.41) is 11.3. The zero-order valence-corrected chi connectivity index (χ0v) is 12.7. The van der Waals surface area contributed by atoms with Crippen LogP contribution in [-0.2, 0) is 19.1 Å². The number of hydrogen-bond donors (Lipinski definition) is 2. The van der Waals surface area contributed by atoms with Gasteiger partial charge in [0.05, 0.1) is 11.4 Å². The van der Waals surface area contributed by atoms with Crippen LogP contribution in [0.2, 0.25) is 4.34 Å². The Kier molecular flexibility index (Phi) is 6.90. The molecule has 0 aliphatic rings. The zero-order valence-electron chi connectivity index (χ0n) is 11.2. The molecule has 114 valence electrons. The number of thiophene rings is 1. The van der Waals surface area contributed by atoms with Crippen molar-refractivity contribution in [1.82, 2.24) is 5.32 Å². The van der Waals surface area contributed by atoms with Crippen molar-refractivity contribution in [3.05, 3.63) is 27.4 Å². The van der Waals surface area contributed by atoms with Gasteiger partial charge in [-0.15, -0.1) is 11.3 Å². The molecule has 8 heteroatoms. The van der Waals surface area contributed by atoms with Gasteiger partial charge in [0.2, 0.25) is 5.91 Å². The van der Waals surface area contributed by atoms with Crippen molar-refractivity contribution in [2.24, 2.45) is 0 Å². The summed E-state index contributed by atoms with van der Waals surface area (Å²) in [4.78, 5) is 34.4. The van der Waals surface area contributed by atoms with E-state index < -0.39 is 23.9 Å². The highest BCUT2D eigenvalue weighted by Gasteiger charge is 2.20. The van der Waals surface area contributed by atoms with E-state index in [4.69, 9.17) is 16.7 Å². The van der Waals surface area contributed by atoms with Crippen LogP contribution in [0.15, 0.2) is 18.2 Å². The minimum Gasteiger partial charge on any atom is -0.480 e. The molecular weight excluding hydrogens is 318 g/mol. The Morgan fingerprint density at radius 1 is 1.48 bits per heavy atom. The molecule has 0 spiro atoms. The number of hydrogen-bond acceptors (Lipinski definition) is 5. The third kappa shape index (κ3) is 6.42. The molecule has 1 rings (SSSR count). The number of rotatable bonds is 7. The van der Waals surface area contributed by atoms with Gasteiger partial charge < -0.3 is 15.2 Å². The predicted octanol–water partition coefficient (Wildman–Crippen LogP) is 1.94. The molecule has 1 aromatic heterocycles. The molecule has 0 radical (unpaired) electrons. The van der Waals surface area contributed by atoms with E-state index in [9.17, 15) is 14.4 Å². The molecule has 0 saturated heterocycles. The number of methoxy groups -OCH3 is 1. The molecule has 6 nitrogen and oxygen atoms in total. The third-order valence-corrected chi connectivity index (χ3v) is 3.67. The first kappa shape index (κ1) is 17.2. The smallest absolute Gasteiger partial charge is 0.326 e. The van der Waals surface area contributed by atoms with Gasteiger partial charge in [0.15, 0.2) is 0 Å². The van der Waals surface area contributed by atoms with Crippen LogP contribution in [-0.4, -0.2) is 36.1 Å². The zero-order chi connectivity index (χ0) is 15.8. The van der Waals surface area contributed by atoms with Crippen molar-refractivity contribution < 1.29 is 24.2 Å². The lowest BCUT2D eigenvalue weighted by Crippen LogP contribution is -2.40. The van der Waals surface area contributed by atoms with Crippen molar-refractivity contribution in [3.63, 3.8) is 0 Å². The molecule has 0 aliphatic heterocycles. The molecule has 21 heavy (non-hydrogen) atoms. The van der Waals surface area contributed by atoms with Crippen LogP contribution in [0.3, 0.4) is 0 Å². The van der Waals surface area contributed by atoms with E-state index in [0.717, 1.165) is 4.88 Å². The Morgan fingerprint density at radius 3 is 2.71 bits per heavy atom. The second kappa shape index (κ2) is 8.43. The van der Waals surface area contributed by atoms with Gasteiger partial charge in [0, 0.05) is 17.4 Å². The van der Waals surface area contributed by atoms with Crippen LogP contribution >= 0.6 is 22.9 Å². The van der Waals surface area contributed by atoms with Crippen LogP contribution in [0.5, 0.6) is 0 Å². The number of amides is 1. The molecule has 0 bridgehead atoms. The Morgan fingerprint density at radius 2 is 2.19 bits per heavy atom. The van der Waals surface area contributed by atoms with E-state index in [1.165, 1.54) is 30.6 Å². The molecule has 1 aromatic rings. The molecular formula is C13H14ClNO5S. The monoisotopic (exact) mass is 331 g/mol. The molecule has 2 N–H and O–H groups in total. The Balaban J connectivity index is 2.54. The first-order valence-corrected chi connectivity index (χ1v) is 7.15. The molecule has 0 aliphatic carbocycles. The van der Waals surface area contributed by atoms with Crippen molar-refractivity contribution in [2.75, 3.05) is 7.11 Å². The maximum absolute atomic E-state index is 11.6. The van der Waals surface area contributed by atoms with Gasteiger partial charge in [-0.2, -0.15) is 0 Å². The Labute approximate surface area is 130 Å². The predicted molar refractivity (Wildman–Crippen MR) is 79.2 cm³/mol. The molecule has 1 amide bonds. The molecule has 0 unspecified atom stereocenters. The summed E-state index contributed by atoms with van der Waals surface area (Å²) in [7, 11) is 1.21. The standard InChI is InChI=1S/C13H14ClNO5S/c1-20-12(17)7-4-9(13(18)19)15-11(16)6-3-8-2-5-10(14)21-8/h2-3,5-6,9H,4,7H2,1H3,(H,15,16)(H,18,19)/b6-3+/t9-/m0/s1. The number of carbonyl (C=O) groups excluding carboxylic acids is 2. The second-order valence-corrected chi connectivity index (χ2v) is 5.74. The van der Waals surface area contributed by atoms with Gasteiger partial charge in [-0.3, -0.25) is 9.59 Å². The summed E-state index contributed by atoms with van der Waals surface area (Å²) in [6, 6.07) is 2.29. The van der Waals surface area contributed by atoms with E-state index in [2.05, 4.69) is 10.1 Å². The average molecular weight is 332 g/mol. The summed E-state index contributed by atoms with van der Waals surface area (Å²) >= 11 is 7.04. The molecule has 1 atom stereocenters. The van der Waals surface area contributed by atoms with Gasteiger partial charge in [0.25, 0.3) is 0 Å². The van der Waals surface area contributed by atoms with Crippen LogP contribution in [0, 0.1) is 0 Å². The van der Waals surface area contributed by atoms with E-state index in [1.807, 2.05) is 0 Å². The first-order chi connectivity index (χ1) is 9.92. The number of halogens is 1. The average Bonchev–Trinajstić information content (AvgIpc) is 2.86. The lowest BCUT2D eigenvalue weighted by molar-refractivity contribution is -0.143. The number of nitrogens with one attached hydrogen (secondary N) is 1. The number of aliphatic carboxylic acids is 1. The number of ether oxygens (including phenoxy) is 1. The largest absolute Gasteiger partial charge is 0.480 e. The van der Waals surface area contributed by atoms with E-state index in [0.29, 0.717) is 4.34 Å². The third-order valence-electron chi connectivity index (χ3n) is 2.47. The minimum absolute atomic E-state index is 0.0353. The number of esters is 1. The van der Waals surface area contributed by atoms with Crippen LogP contribution in [0.4, 0.5) is 0 Å². The summed E-state index contributed by atoms with van der Waals surface area (Å²) in [5.74, 6) is -2.30. The second-order valence-electron chi connectivity index (χ2n) is 3.99. The molecule has 0 fully saturated rings. The molecule has 0 aromatic carbocycles. The van der Waals surface area contributed by atoms with Crippen LogP contribution < -0.4 is 5.32 Å². The van der Waals surface area contributed by atoms with Gasteiger partial charge in [-0.05, 0) is 24.6 Å². The first-order valence-electron chi connectivity index (χ1n) is 5.96. The van der Waals surface area contributed by atoms with Crippen molar-refractivity contribution in [3.8, 4) is 0 Å². The topological polar surface area (TPSA) is 92.7 Å². The van der Waals surface area contributed by atoms with Crippen molar-refractivity contribution in [1.29, 1.82) is 0 Å². The van der Waals surface area contributed by atoms with E-state index >= 15 is 0 Å². The van der Waals surface area contributed by atoms with Gasteiger partial charge in [-0.25, -0.2) is 4.79 Å². The number of carboxylic acids is 1. The van der Waals surface area contributed by atoms with Crippen molar-refractivity contribution in [2.45, 2.75) is 18.9 Å². The van der Waals surface area contributed by atoms with Crippen molar-refractivity contribution >= 4 is 46.9 Å². The number of carboxylic acid groups (broad SMARTS) is 1. The highest BCUT2D eigenvalue weighted by Crippen LogP contribution is 2.22. The summed E-state index contributed by atoms with van der Waals surface area (Å²) in [6.45, 7) is 0. The highest BCUT2D eigenvalue weighted by molar-refractivity contribution is 7.17. The SMILES string of the molecule is COC(=O)CC[C@H](NC(=O)/C=C/c1ccc(Cl)s1)C(=O)O. The van der Waals surface area contributed by atoms with Crippen LogP contribution in [0.1, 0.15) is 17.7 Å². The molecule has 0 saturated carbocycles. The normalized spacial score (nSPS) is 12.1. The van der Waals surface area contributed by atoms with Crippen LogP contribution in [0.25, 0.3) is 6.08 Å². The van der Waals surface area contributed by atoms with E-state index in [-0.39, 0.29) is 12.8 Å². The summed E-state index contributed by atoms with van der Waals surface area (Å²) in [5.41, 5.74) is 0. The summed E-state index contributed by atoms with van der Waals surface area (Å²) in [6.07, 6.45) is 2.63. The van der Waals surface area contributed by atoms with E-state index in [1.54, 1.807) is 12.1 Å². The number of carbonyl (C=O) groups is 3. The molecule has 1 heterocycles. The lowest BCUT2D eigenvalue weighted by atomic mass is 10.1. The summed E-state index contributed by atoms with van der Waals surface area (Å²) < 4.78 is 5.02. The maximum atomic E-state index is 11.6.